The summed E-state index contributed by atoms with van der Waals surface area (Å²) in [5.74, 6) is 2.79. The van der Waals surface area contributed by atoms with Crippen molar-refractivity contribution in [1.29, 1.82) is 0 Å². The molecule has 1 aliphatic heterocycles. The van der Waals surface area contributed by atoms with Crippen LogP contribution in [0.15, 0.2) is 55.1 Å². The topological polar surface area (TPSA) is 85.6 Å². The monoisotopic (exact) mass is 420 g/mol. The van der Waals surface area contributed by atoms with E-state index in [9.17, 15) is 4.79 Å². The molecule has 4 rings (SSSR count). The van der Waals surface area contributed by atoms with E-state index in [0.29, 0.717) is 37.7 Å². The fourth-order valence-electron chi connectivity index (χ4n) is 3.40. The third kappa shape index (κ3) is 4.66. The van der Waals surface area contributed by atoms with Gasteiger partial charge in [0.25, 0.3) is 0 Å². The number of anilines is 1. The number of rotatable bonds is 6. The van der Waals surface area contributed by atoms with E-state index in [-0.39, 0.29) is 5.91 Å². The Morgan fingerprint density at radius 3 is 2.35 bits per heavy atom. The third-order valence-electron chi connectivity index (χ3n) is 5.15. The Hall–Kier alpha value is -3.88. The fraction of sp³-hybridized carbons (Fsp3) is 0.273. The number of benzene rings is 1. The summed E-state index contributed by atoms with van der Waals surface area (Å²) in [6.07, 6.45) is 8.59. The van der Waals surface area contributed by atoms with Gasteiger partial charge in [0, 0.05) is 44.6 Å². The van der Waals surface area contributed by atoms with Crippen molar-refractivity contribution in [2.24, 2.45) is 0 Å². The van der Waals surface area contributed by atoms with E-state index in [2.05, 4.69) is 20.1 Å². The lowest BCUT2D eigenvalue weighted by molar-refractivity contribution is -0.126. The van der Waals surface area contributed by atoms with Gasteiger partial charge in [-0.15, -0.1) is 10.2 Å². The summed E-state index contributed by atoms with van der Waals surface area (Å²) in [5.41, 5.74) is 0.873. The van der Waals surface area contributed by atoms with Gasteiger partial charge in [-0.05, 0) is 35.9 Å². The molecule has 31 heavy (non-hydrogen) atoms. The van der Waals surface area contributed by atoms with E-state index in [4.69, 9.17) is 9.47 Å². The minimum atomic E-state index is -0.0176. The first-order chi connectivity index (χ1) is 15.2. The Labute approximate surface area is 180 Å². The van der Waals surface area contributed by atoms with E-state index >= 15 is 0 Å². The van der Waals surface area contributed by atoms with Crippen molar-refractivity contribution in [1.82, 2.24) is 24.6 Å². The summed E-state index contributed by atoms with van der Waals surface area (Å²) >= 11 is 0. The molecule has 0 spiro atoms. The second-order valence-corrected chi connectivity index (χ2v) is 6.98. The van der Waals surface area contributed by atoms with Crippen LogP contribution in [0.4, 0.5) is 5.82 Å². The fourth-order valence-corrected chi connectivity index (χ4v) is 3.40. The van der Waals surface area contributed by atoms with E-state index in [1.165, 1.54) is 0 Å². The molecule has 0 radical (unpaired) electrons. The highest BCUT2D eigenvalue weighted by molar-refractivity contribution is 5.92. The first-order valence-electron chi connectivity index (χ1n) is 9.94. The second-order valence-electron chi connectivity index (χ2n) is 6.98. The summed E-state index contributed by atoms with van der Waals surface area (Å²) in [5, 5.41) is 8.58. The molecule has 160 valence electrons. The van der Waals surface area contributed by atoms with Crippen molar-refractivity contribution >= 4 is 17.8 Å². The maximum absolute atomic E-state index is 12.6. The molecule has 1 aliphatic rings. The van der Waals surface area contributed by atoms with Crippen molar-refractivity contribution in [3.8, 4) is 17.3 Å². The number of nitrogens with zero attached hydrogens (tertiary/aromatic N) is 6. The summed E-state index contributed by atoms with van der Waals surface area (Å²) < 4.78 is 12.4. The smallest absolute Gasteiger partial charge is 0.246 e. The molecule has 9 nitrogen and oxygen atoms in total. The number of imidazole rings is 1. The lowest BCUT2D eigenvalue weighted by Crippen LogP contribution is -2.48. The zero-order valence-electron chi connectivity index (χ0n) is 17.5. The molecule has 0 aliphatic carbocycles. The quantitative estimate of drug-likeness (QED) is 0.564. The minimum absolute atomic E-state index is 0.0176. The molecular weight excluding hydrogens is 396 g/mol. The van der Waals surface area contributed by atoms with Gasteiger partial charge in [-0.2, -0.15) is 0 Å². The molecule has 1 fully saturated rings. The zero-order valence-corrected chi connectivity index (χ0v) is 17.5. The van der Waals surface area contributed by atoms with Gasteiger partial charge in [-0.1, -0.05) is 6.07 Å². The number of piperazine rings is 1. The highest BCUT2D eigenvalue weighted by Crippen LogP contribution is 2.28. The maximum Gasteiger partial charge on any atom is 0.246 e. The summed E-state index contributed by atoms with van der Waals surface area (Å²) in [7, 11) is 3.18. The zero-order chi connectivity index (χ0) is 21.6. The SMILES string of the molecule is COc1ccc(/C=C/C(=O)N2CCN(c3ccc(-n4ccnc4)nn3)CC2)cc1OC. The molecule has 3 aromatic rings. The van der Waals surface area contributed by atoms with Gasteiger partial charge < -0.3 is 19.3 Å². The van der Waals surface area contributed by atoms with Crippen LogP contribution >= 0.6 is 0 Å². The molecule has 9 heteroatoms. The number of methoxy groups -OCH3 is 2. The van der Waals surface area contributed by atoms with Crippen LogP contribution in [-0.2, 0) is 4.79 Å². The van der Waals surface area contributed by atoms with Crippen LogP contribution in [0, 0.1) is 0 Å². The van der Waals surface area contributed by atoms with E-state index in [0.717, 1.165) is 17.2 Å². The number of aromatic nitrogens is 4. The van der Waals surface area contributed by atoms with Gasteiger partial charge in [0.2, 0.25) is 5.91 Å². The van der Waals surface area contributed by atoms with Crippen LogP contribution < -0.4 is 14.4 Å². The highest BCUT2D eigenvalue weighted by atomic mass is 16.5. The Balaban J connectivity index is 1.33. The average Bonchev–Trinajstić information content (AvgIpc) is 3.37. The number of hydrogen-bond donors (Lipinski definition) is 0. The maximum atomic E-state index is 12.6. The molecule has 1 aromatic carbocycles. The average molecular weight is 420 g/mol. The normalized spacial score (nSPS) is 14.1. The molecule has 0 unspecified atom stereocenters. The molecule has 1 amide bonds. The standard InChI is InChI=1S/C22H24N6O3/c1-30-18-5-3-17(15-19(18)31-2)4-8-22(29)27-13-11-26(12-14-27)20-6-7-21(25-24-20)28-10-9-23-16-28/h3-10,15-16H,11-14H2,1-2H3/b8-4+. The molecule has 0 bridgehead atoms. The van der Waals surface area contributed by atoms with Gasteiger partial charge in [-0.25, -0.2) is 4.98 Å². The first kappa shape index (κ1) is 20.4. The van der Waals surface area contributed by atoms with Gasteiger partial charge >= 0.3 is 0 Å². The molecule has 0 saturated carbocycles. The van der Waals surface area contributed by atoms with E-state index in [1.807, 2.05) is 41.4 Å². The van der Waals surface area contributed by atoms with Crippen LogP contribution in [0.2, 0.25) is 0 Å². The molecule has 0 atom stereocenters. The molecule has 3 heterocycles. The molecule has 1 saturated heterocycles. The van der Waals surface area contributed by atoms with Crippen LogP contribution in [-0.4, -0.2) is 71.0 Å². The van der Waals surface area contributed by atoms with Gasteiger partial charge in [-0.3, -0.25) is 9.36 Å². The van der Waals surface area contributed by atoms with Gasteiger partial charge in [0.1, 0.15) is 6.33 Å². The van der Waals surface area contributed by atoms with E-state index < -0.39 is 0 Å². The van der Waals surface area contributed by atoms with Crippen LogP contribution in [0.25, 0.3) is 11.9 Å². The number of carbonyl (C=O) groups is 1. The summed E-state index contributed by atoms with van der Waals surface area (Å²) in [6.45, 7) is 2.66. The lowest BCUT2D eigenvalue weighted by Gasteiger charge is -2.34. The van der Waals surface area contributed by atoms with Crippen molar-refractivity contribution in [3.63, 3.8) is 0 Å². The highest BCUT2D eigenvalue weighted by Gasteiger charge is 2.21. The van der Waals surface area contributed by atoms with Crippen LogP contribution in [0.5, 0.6) is 11.5 Å². The second kappa shape index (κ2) is 9.29. The number of ether oxygens (including phenoxy) is 2. The number of amides is 1. The minimum Gasteiger partial charge on any atom is -0.493 e. The predicted molar refractivity (Wildman–Crippen MR) is 117 cm³/mol. The Kier molecular flexibility index (Phi) is 6.11. The predicted octanol–water partition coefficient (Wildman–Crippen LogP) is 2.04. The lowest BCUT2D eigenvalue weighted by atomic mass is 10.2. The van der Waals surface area contributed by atoms with E-state index in [1.54, 1.807) is 43.5 Å². The Morgan fingerprint density at radius 2 is 1.71 bits per heavy atom. The molecule has 0 N–H and O–H groups in total. The van der Waals surface area contributed by atoms with Crippen molar-refractivity contribution in [2.45, 2.75) is 0 Å². The van der Waals surface area contributed by atoms with Gasteiger partial charge in [0.15, 0.2) is 23.1 Å². The van der Waals surface area contributed by atoms with Gasteiger partial charge in [0.05, 0.1) is 14.2 Å². The largest absolute Gasteiger partial charge is 0.493 e. The first-order valence-corrected chi connectivity index (χ1v) is 9.94. The number of carbonyl (C=O) groups excluding carboxylic acids is 1. The summed E-state index contributed by atoms with van der Waals surface area (Å²) in [4.78, 5) is 20.6. The third-order valence-corrected chi connectivity index (χ3v) is 5.15. The molecule has 2 aromatic heterocycles. The van der Waals surface area contributed by atoms with Crippen molar-refractivity contribution in [3.05, 3.63) is 60.7 Å². The number of hydrogen-bond acceptors (Lipinski definition) is 7. The molecular formula is C22H24N6O3. The Bertz CT molecular complexity index is 1040. The van der Waals surface area contributed by atoms with Crippen LogP contribution in [0.1, 0.15) is 5.56 Å². The van der Waals surface area contributed by atoms with Crippen LogP contribution in [0.3, 0.4) is 0 Å². The van der Waals surface area contributed by atoms with Crippen molar-refractivity contribution < 1.29 is 14.3 Å². The van der Waals surface area contributed by atoms with Crippen molar-refractivity contribution in [2.75, 3.05) is 45.3 Å². The Morgan fingerprint density at radius 1 is 0.968 bits per heavy atom. The summed E-state index contributed by atoms with van der Waals surface area (Å²) in [6, 6.07) is 9.40.